The Morgan fingerprint density at radius 1 is 1.62 bits per heavy atom. The van der Waals surface area contributed by atoms with Crippen molar-refractivity contribution in [1.29, 1.82) is 0 Å². The first-order valence-corrected chi connectivity index (χ1v) is 5.73. The van der Waals surface area contributed by atoms with Crippen molar-refractivity contribution in [3.63, 3.8) is 0 Å². The fourth-order valence-electron chi connectivity index (χ4n) is 1.43. The third kappa shape index (κ3) is 2.59. The summed E-state index contributed by atoms with van der Waals surface area (Å²) in [6.45, 7) is 3.68. The first kappa shape index (κ1) is 11.1. The zero-order valence-electron chi connectivity index (χ0n) is 9.60. The first-order chi connectivity index (χ1) is 7.70. The minimum absolute atomic E-state index is 0.221. The van der Waals surface area contributed by atoms with Gasteiger partial charge in [0.1, 0.15) is 0 Å². The standard InChI is InChI=1S/C11H16N2O3/c1-3-4-9(14)15-7(2)11-12-10(13-16-11)8-5-6-8/h7-8H,3-6H2,1-2H3. The molecule has 0 spiro atoms. The summed E-state index contributed by atoms with van der Waals surface area (Å²) in [5, 5.41) is 3.88. The fourth-order valence-corrected chi connectivity index (χ4v) is 1.43. The summed E-state index contributed by atoms with van der Waals surface area (Å²) in [5.74, 6) is 1.37. The van der Waals surface area contributed by atoms with Crippen LogP contribution in [0.5, 0.6) is 0 Å². The molecule has 1 aromatic heterocycles. The SMILES string of the molecule is CCCC(=O)OC(C)c1nc(C2CC2)no1. The van der Waals surface area contributed by atoms with E-state index in [2.05, 4.69) is 10.1 Å². The van der Waals surface area contributed by atoms with E-state index in [1.807, 2.05) is 6.92 Å². The predicted molar refractivity (Wildman–Crippen MR) is 55.7 cm³/mol. The Morgan fingerprint density at radius 2 is 2.38 bits per heavy atom. The van der Waals surface area contributed by atoms with Crippen molar-refractivity contribution in [2.75, 3.05) is 0 Å². The monoisotopic (exact) mass is 224 g/mol. The van der Waals surface area contributed by atoms with Gasteiger partial charge in [-0.25, -0.2) is 0 Å². The third-order valence-corrected chi connectivity index (χ3v) is 2.51. The van der Waals surface area contributed by atoms with Gasteiger partial charge in [0, 0.05) is 12.3 Å². The summed E-state index contributed by atoms with van der Waals surface area (Å²) in [6.07, 6.45) is 3.02. The fraction of sp³-hybridized carbons (Fsp3) is 0.727. The van der Waals surface area contributed by atoms with Crippen LogP contribution in [0.25, 0.3) is 0 Å². The summed E-state index contributed by atoms with van der Waals surface area (Å²) in [7, 11) is 0. The molecule has 2 rings (SSSR count). The van der Waals surface area contributed by atoms with E-state index >= 15 is 0 Å². The highest BCUT2D eigenvalue weighted by atomic mass is 16.6. The number of aromatic nitrogens is 2. The third-order valence-electron chi connectivity index (χ3n) is 2.51. The molecule has 1 aliphatic carbocycles. The molecule has 1 unspecified atom stereocenters. The summed E-state index contributed by atoms with van der Waals surface area (Å²) >= 11 is 0. The Balaban J connectivity index is 1.91. The van der Waals surface area contributed by atoms with Gasteiger partial charge in [0.2, 0.25) is 0 Å². The van der Waals surface area contributed by atoms with E-state index in [9.17, 15) is 4.79 Å². The van der Waals surface area contributed by atoms with Crippen LogP contribution in [0.15, 0.2) is 4.52 Å². The second kappa shape index (κ2) is 4.63. The van der Waals surface area contributed by atoms with E-state index in [1.165, 1.54) is 0 Å². The topological polar surface area (TPSA) is 65.2 Å². The van der Waals surface area contributed by atoms with E-state index < -0.39 is 6.10 Å². The number of carbonyl (C=O) groups is 1. The molecule has 5 heteroatoms. The molecular formula is C11H16N2O3. The van der Waals surface area contributed by atoms with Crippen molar-refractivity contribution in [3.8, 4) is 0 Å². The first-order valence-electron chi connectivity index (χ1n) is 5.73. The molecule has 1 atom stereocenters. The quantitative estimate of drug-likeness (QED) is 0.718. The van der Waals surface area contributed by atoms with Crippen LogP contribution in [0.4, 0.5) is 0 Å². The smallest absolute Gasteiger partial charge is 0.306 e. The van der Waals surface area contributed by atoms with Crippen molar-refractivity contribution in [1.82, 2.24) is 10.1 Å². The van der Waals surface area contributed by atoms with Crippen LogP contribution in [0.3, 0.4) is 0 Å². The van der Waals surface area contributed by atoms with Crippen molar-refractivity contribution < 1.29 is 14.1 Å². The Hall–Kier alpha value is -1.39. The molecule has 0 N–H and O–H groups in total. The van der Waals surface area contributed by atoms with Crippen LogP contribution in [0, 0.1) is 0 Å². The lowest BCUT2D eigenvalue weighted by Crippen LogP contribution is -2.08. The van der Waals surface area contributed by atoms with Crippen molar-refractivity contribution in [3.05, 3.63) is 11.7 Å². The van der Waals surface area contributed by atoms with Crippen LogP contribution in [-0.2, 0) is 9.53 Å². The van der Waals surface area contributed by atoms with Crippen molar-refractivity contribution in [2.45, 2.75) is 51.6 Å². The highest BCUT2D eigenvalue weighted by molar-refractivity contribution is 5.69. The Labute approximate surface area is 94.2 Å². The molecule has 5 nitrogen and oxygen atoms in total. The molecule has 1 fully saturated rings. The van der Waals surface area contributed by atoms with Crippen LogP contribution in [0.2, 0.25) is 0 Å². The maximum atomic E-state index is 11.3. The lowest BCUT2D eigenvalue weighted by Gasteiger charge is -2.07. The number of hydrogen-bond donors (Lipinski definition) is 0. The zero-order chi connectivity index (χ0) is 11.5. The molecular weight excluding hydrogens is 208 g/mol. The lowest BCUT2D eigenvalue weighted by atomic mass is 10.3. The minimum Gasteiger partial charge on any atom is -0.453 e. The van der Waals surface area contributed by atoms with Crippen LogP contribution in [-0.4, -0.2) is 16.1 Å². The van der Waals surface area contributed by atoms with Gasteiger partial charge in [0.25, 0.3) is 5.89 Å². The summed E-state index contributed by atoms with van der Waals surface area (Å²) in [4.78, 5) is 15.5. The Morgan fingerprint density at radius 3 is 3.00 bits per heavy atom. The number of rotatable bonds is 5. The van der Waals surface area contributed by atoms with E-state index in [1.54, 1.807) is 6.92 Å². The maximum Gasteiger partial charge on any atom is 0.306 e. The highest BCUT2D eigenvalue weighted by Crippen LogP contribution is 2.38. The van der Waals surface area contributed by atoms with Crippen molar-refractivity contribution in [2.24, 2.45) is 0 Å². The molecule has 1 saturated carbocycles. The number of esters is 1. The number of ether oxygens (including phenoxy) is 1. The largest absolute Gasteiger partial charge is 0.453 e. The summed E-state index contributed by atoms with van der Waals surface area (Å²) in [6, 6.07) is 0. The summed E-state index contributed by atoms with van der Waals surface area (Å²) in [5.41, 5.74) is 0. The van der Waals surface area contributed by atoms with Gasteiger partial charge in [-0.1, -0.05) is 12.1 Å². The molecule has 0 saturated heterocycles. The van der Waals surface area contributed by atoms with E-state index in [-0.39, 0.29) is 5.97 Å². The van der Waals surface area contributed by atoms with Gasteiger partial charge in [-0.15, -0.1) is 0 Å². The van der Waals surface area contributed by atoms with Gasteiger partial charge >= 0.3 is 5.97 Å². The second-order valence-corrected chi connectivity index (χ2v) is 4.15. The number of carbonyl (C=O) groups excluding carboxylic acids is 1. The molecule has 0 radical (unpaired) electrons. The van der Waals surface area contributed by atoms with Gasteiger partial charge in [0.15, 0.2) is 11.9 Å². The zero-order valence-corrected chi connectivity index (χ0v) is 9.60. The predicted octanol–water partition coefficient (Wildman–Crippen LogP) is 2.35. The van der Waals surface area contributed by atoms with E-state index in [0.29, 0.717) is 18.2 Å². The maximum absolute atomic E-state index is 11.3. The molecule has 1 aromatic rings. The summed E-state index contributed by atoms with van der Waals surface area (Å²) < 4.78 is 10.2. The Kier molecular flexibility index (Phi) is 3.22. The molecule has 0 bridgehead atoms. The molecule has 0 amide bonds. The highest BCUT2D eigenvalue weighted by Gasteiger charge is 2.30. The van der Waals surface area contributed by atoms with Gasteiger partial charge in [0.05, 0.1) is 0 Å². The molecule has 88 valence electrons. The minimum atomic E-state index is -0.445. The van der Waals surface area contributed by atoms with Gasteiger partial charge in [-0.2, -0.15) is 4.98 Å². The van der Waals surface area contributed by atoms with Crippen LogP contribution in [0.1, 0.15) is 63.3 Å². The normalized spacial score (nSPS) is 17.1. The molecule has 1 aliphatic rings. The average Bonchev–Trinajstić information content (AvgIpc) is 2.96. The molecule has 16 heavy (non-hydrogen) atoms. The van der Waals surface area contributed by atoms with Crippen molar-refractivity contribution >= 4 is 5.97 Å². The van der Waals surface area contributed by atoms with Gasteiger partial charge in [-0.3, -0.25) is 4.79 Å². The lowest BCUT2D eigenvalue weighted by molar-refractivity contribution is -0.149. The van der Waals surface area contributed by atoms with Crippen LogP contribution < -0.4 is 0 Å². The second-order valence-electron chi connectivity index (χ2n) is 4.15. The number of hydrogen-bond acceptors (Lipinski definition) is 5. The average molecular weight is 224 g/mol. The number of nitrogens with zero attached hydrogens (tertiary/aromatic N) is 2. The van der Waals surface area contributed by atoms with E-state index in [4.69, 9.17) is 9.26 Å². The Bertz CT molecular complexity index is 371. The molecule has 0 aromatic carbocycles. The van der Waals surface area contributed by atoms with E-state index in [0.717, 1.165) is 25.1 Å². The van der Waals surface area contributed by atoms with Crippen LogP contribution >= 0.6 is 0 Å². The molecule has 0 aliphatic heterocycles. The molecule has 1 heterocycles. The van der Waals surface area contributed by atoms with Gasteiger partial charge in [-0.05, 0) is 26.2 Å². The van der Waals surface area contributed by atoms with Gasteiger partial charge < -0.3 is 9.26 Å².